The third-order valence-electron chi connectivity index (χ3n) is 5.33. The number of hydrogen-bond acceptors (Lipinski definition) is 5. The molecule has 2 aromatic carbocycles. The van der Waals surface area contributed by atoms with Gasteiger partial charge in [0.05, 0.1) is 12.8 Å². The monoisotopic (exact) mass is 417 g/mol. The summed E-state index contributed by atoms with van der Waals surface area (Å²) in [7, 11) is 1.62. The minimum Gasteiger partial charge on any atom is -0.497 e. The molecular weight excluding hydrogens is 390 g/mol. The van der Waals surface area contributed by atoms with Gasteiger partial charge >= 0.3 is 6.03 Å². The van der Waals surface area contributed by atoms with Crippen LogP contribution in [-0.4, -0.2) is 36.4 Å². The maximum atomic E-state index is 12.3. The zero-order chi connectivity index (χ0) is 21.5. The Kier molecular flexibility index (Phi) is 6.62. The molecule has 1 fully saturated rings. The van der Waals surface area contributed by atoms with E-state index in [-0.39, 0.29) is 6.03 Å². The van der Waals surface area contributed by atoms with Crippen LogP contribution in [0.15, 0.2) is 60.7 Å². The van der Waals surface area contributed by atoms with Crippen LogP contribution < -0.4 is 20.3 Å². The third-order valence-corrected chi connectivity index (χ3v) is 5.33. The molecular formula is C24H27N5O2. The van der Waals surface area contributed by atoms with Crippen molar-refractivity contribution in [3.63, 3.8) is 0 Å². The second-order valence-electron chi connectivity index (χ2n) is 7.56. The summed E-state index contributed by atoms with van der Waals surface area (Å²) in [6.45, 7) is 2.49. The van der Waals surface area contributed by atoms with Crippen LogP contribution in [0.5, 0.6) is 5.75 Å². The number of anilines is 2. The summed E-state index contributed by atoms with van der Waals surface area (Å²) in [5.41, 5.74) is 3.35. The highest BCUT2D eigenvalue weighted by Gasteiger charge is 2.13. The summed E-state index contributed by atoms with van der Waals surface area (Å²) in [5.74, 6) is 1.69. The van der Waals surface area contributed by atoms with Crippen LogP contribution in [0.3, 0.4) is 0 Å². The molecule has 1 aliphatic heterocycles. The molecule has 7 nitrogen and oxygen atoms in total. The van der Waals surface area contributed by atoms with Crippen LogP contribution in [0, 0.1) is 0 Å². The van der Waals surface area contributed by atoms with Crippen molar-refractivity contribution in [3.05, 3.63) is 66.2 Å². The Morgan fingerprint density at radius 1 is 1.00 bits per heavy atom. The van der Waals surface area contributed by atoms with Crippen molar-refractivity contribution in [3.8, 4) is 17.0 Å². The van der Waals surface area contributed by atoms with Gasteiger partial charge < -0.3 is 20.3 Å². The van der Waals surface area contributed by atoms with Gasteiger partial charge in [0, 0.05) is 30.9 Å². The number of urea groups is 1. The van der Waals surface area contributed by atoms with Crippen LogP contribution in [0.2, 0.25) is 0 Å². The fraction of sp³-hybridized carbons (Fsp3) is 0.292. The lowest BCUT2D eigenvalue weighted by Gasteiger charge is -2.27. The van der Waals surface area contributed by atoms with Crippen molar-refractivity contribution in [2.45, 2.75) is 25.8 Å². The second kappa shape index (κ2) is 9.93. The number of piperidine rings is 1. The van der Waals surface area contributed by atoms with Gasteiger partial charge in [0.1, 0.15) is 5.75 Å². The molecule has 7 heteroatoms. The van der Waals surface area contributed by atoms with Crippen molar-refractivity contribution in [1.82, 2.24) is 15.5 Å². The fourth-order valence-electron chi connectivity index (χ4n) is 3.67. The summed E-state index contributed by atoms with van der Waals surface area (Å²) in [4.78, 5) is 14.6. The quantitative estimate of drug-likeness (QED) is 0.619. The molecule has 2 heterocycles. The van der Waals surface area contributed by atoms with Crippen molar-refractivity contribution in [2.24, 2.45) is 0 Å². The number of aromatic nitrogens is 2. The normalized spacial score (nSPS) is 13.5. The lowest BCUT2D eigenvalue weighted by atomic mass is 10.1. The molecule has 0 aliphatic carbocycles. The van der Waals surface area contributed by atoms with Gasteiger partial charge in [-0.2, -0.15) is 0 Å². The Labute approximate surface area is 182 Å². The molecule has 4 rings (SSSR count). The van der Waals surface area contributed by atoms with Gasteiger partial charge in [0.25, 0.3) is 0 Å². The number of hydrogen-bond donors (Lipinski definition) is 2. The second-order valence-corrected chi connectivity index (χ2v) is 7.56. The SMILES string of the molecule is COc1cccc(CNC(=O)Nc2cccc(-c3ccc(N4CCCCC4)nn3)c2)c1. The lowest BCUT2D eigenvalue weighted by molar-refractivity contribution is 0.251. The summed E-state index contributed by atoms with van der Waals surface area (Å²) >= 11 is 0. The van der Waals surface area contributed by atoms with E-state index in [1.807, 2.05) is 60.7 Å². The number of methoxy groups -OCH3 is 1. The standard InChI is InChI=1S/C24H27N5O2/c1-31-21-10-5-7-18(15-21)17-25-24(30)26-20-9-6-8-19(16-20)22-11-12-23(28-27-22)29-13-3-2-4-14-29/h5-12,15-16H,2-4,13-14,17H2,1H3,(H2,25,26,30). The predicted octanol–water partition coefficient (Wildman–Crippen LogP) is 4.46. The first-order chi connectivity index (χ1) is 15.2. The largest absolute Gasteiger partial charge is 0.497 e. The number of carbonyl (C=O) groups is 1. The first-order valence-electron chi connectivity index (χ1n) is 10.6. The van der Waals surface area contributed by atoms with Gasteiger partial charge in [-0.25, -0.2) is 4.79 Å². The molecule has 0 radical (unpaired) electrons. The van der Waals surface area contributed by atoms with E-state index in [0.717, 1.165) is 41.5 Å². The summed E-state index contributed by atoms with van der Waals surface area (Å²) in [5, 5.41) is 14.6. The first-order valence-corrected chi connectivity index (χ1v) is 10.6. The van der Waals surface area contributed by atoms with Crippen molar-refractivity contribution in [1.29, 1.82) is 0 Å². The highest BCUT2D eigenvalue weighted by Crippen LogP contribution is 2.23. The lowest BCUT2D eigenvalue weighted by Crippen LogP contribution is -2.30. The van der Waals surface area contributed by atoms with Crippen molar-refractivity contribution < 1.29 is 9.53 Å². The number of ether oxygens (including phenoxy) is 1. The van der Waals surface area contributed by atoms with Gasteiger partial charge in [-0.1, -0.05) is 24.3 Å². The predicted molar refractivity (Wildman–Crippen MR) is 122 cm³/mol. The Morgan fingerprint density at radius 2 is 1.84 bits per heavy atom. The Bertz CT molecular complexity index is 1020. The molecule has 160 valence electrons. The smallest absolute Gasteiger partial charge is 0.319 e. The van der Waals surface area contributed by atoms with E-state index in [1.54, 1.807) is 7.11 Å². The number of benzene rings is 2. The summed E-state index contributed by atoms with van der Waals surface area (Å²) in [6.07, 6.45) is 3.70. The molecule has 1 aromatic heterocycles. The number of nitrogens with zero attached hydrogens (tertiary/aromatic N) is 3. The molecule has 0 bridgehead atoms. The van der Waals surface area contributed by atoms with Gasteiger partial charge in [-0.05, 0) is 61.2 Å². The van der Waals surface area contributed by atoms with E-state index in [1.165, 1.54) is 19.3 Å². The average molecular weight is 418 g/mol. The van der Waals surface area contributed by atoms with E-state index in [2.05, 4.69) is 25.7 Å². The van der Waals surface area contributed by atoms with E-state index < -0.39 is 0 Å². The van der Waals surface area contributed by atoms with Crippen LogP contribution in [0.25, 0.3) is 11.3 Å². The van der Waals surface area contributed by atoms with Crippen molar-refractivity contribution >= 4 is 17.5 Å². The molecule has 0 unspecified atom stereocenters. The van der Waals surface area contributed by atoms with E-state index in [0.29, 0.717) is 12.2 Å². The Morgan fingerprint density at radius 3 is 2.61 bits per heavy atom. The molecule has 0 atom stereocenters. The van der Waals surface area contributed by atoms with Gasteiger partial charge in [0.15, 0.2) is 5.82 Å². The molecule has 2 amide bonds. The Balaban J connectivity index is 1.36. The van der Waals surface area contributed by atoms with Gasteiger partial charge in [0.2, 0.25) is 0 Å². The number of amides is 2. The van der Waals surface area contributed by atoms with Crippen LogP contribution in [0.4, 0.5) is 16.3 Å². The van der Waals surface area contributed by atoms with Crippen molar-refractivity contribution in [2.75, 3.05) is 30.4 Å². The molecule has 0 spiro atoms. The minimum atomic E-state index is -0.272. The van der Waals surface area contributed by atoms with Crippen LogP contribution >= 0.6 is 0 Å². The average Bonchev–Trinajstić information content (AvgIpc) is 2.84. The maximum absolute atomic E-state index is 12.3. The highest BCUT2D eigenvalue weighted by molar-refractivity contribution is 5.90. The van der Waals surface area contributed by atoms with Crippen LogP contribution in [0.1, 0.15) is 24.8 Å². The number of rotatable bonds is 6. The zero-order valence-electron chi connectivity index (χ0n) is 17.7. The van der Waals surface area contributed by atoms with E-state index in [4.69, 9.17) is 4.74 Å². The molecule has 31 heavy (non-hydrogen) atoms. The van der Waals surface area contributed by atoms with E-state index in [9.17, 15) is 4.79 Å². The molecule has 2 N–H and O–H groups in total. The van der Waals surface area contributed by atoms with Crippen LogP contribution in [-0.2, 0) is 6.54 Å². The molecule has 0 saturated carbocycles. The molecule has 3 aromatic rings. The number of nitrogens with one attached hydrogen (secondary N) is 2. The first kappa shape index (κ1) is 20.7. The van der Waals surface area contributed by atoms with E-state index >= 15 is 0 Å². The van der Waals surface area contributed by atoms with Gasteiger partial charge in [-0.15, -0.1) is 10.2 Å². The Hall–Kier alpha value is -3.61. The zero-order valence-corrected chi connectivity index (χ0v) is 17.7. The molecule has 1 aliphatic rings. The molecule has 1 saturated heterocycles. The summed E-state index contributed by atoms with van der Waals surface area (Å²) in [6, 6.07) is 18.9. The minimum absolute atomic E-state index is 0.272. The summed E-state index contributed by atoms with van der Waals surface area (Å²) < 4.78 is 5.21. The highest BCUT2D eigenvalue weighted by atomic mass is 16.5. The maximum Gasteiger partial charge on any atom is 0.319 e. The topological polar surface area (TPSA) is 79.4 Å². The van der Waals surface area contributed by atoms with Gasteiger partial charge in [-0.3, -0.25) is 0 Å². The fourth-order valence-corrected chi connectivity index (χ4v) is 3.67. The number of carbonyl (C=O) groups excluding carboxylic acids is 1. The third kappa shape index (κ3) is 5.51.